The van der Waals surface area contributed by atoms with Gasteiger partial charge >= 0.3 is 0 Å². The van der Waals surface area contributed by atoms with Gasteiger partial charge < -0.3 is 5.32 Å². The first-order valence-electron chi connectivity index (χ1n) is 7.70. The summed E-state index contributed by atoms with van der Waals surface area (Å²) < 4.78 is 0. The molecule has 0 amide bonds. The molecule has 2 nitrogen and oxygen atoms in total. The fraction of sp³-hybridized carbons (Fsp3) is 1.00. The molecule has 1 rings (SSSR count). The minimum Gasteiger partial charge on any atom is -0.312 e. The molecule has 0 aromatic heterocycles. The highest BCUT2D eigenvalue weighted by atomic mass is 15.2. The van der Waals surface area contributed by atoms with Gasteiger partial charge in [-0.05, 0) is 38.3 Å². The summed E-state index contributed by atoms with van der Waals surface area (Å²) in [6.45, 7) is 12.9. The third-order valence-electron chi connectivity index (χ3n) is 4.25. The SMILES string of the molecule is CCCNC1CCCC1N(CC)CC(C)CC. The van der Waals surface area contributed by atoms with E-state index in [1.807, 2.05) is 0 Å². The summed E-state index contributed by atoms with van der Waals surface area (Å²) in [4.78, 5) is 2.72. The maximum atomic E-state index is 3.75. The molecule has 0 aromatic rings. The van der Waals surface area contributed by atoms with Gasteiger partial charge in [0.05, 0.1) is 0 Å². The molecular weight excluding hydrogens is 208 g/mol. The molecule has 0 bridgehead atoms. The Labute approximate surface area is 108 Å². The zero-order chi connectivity index (χ0) is 12.7. The van der Waals surface area contributed by atoms with Crippen LogP contribution in [0.2, 0.25) is 0 Å². The van der Waals surface area contributed by atoms with Gasteiger partial charge in [-0.3, -0.25) is 4.90 Å². The van der Waals surface area contributed by atoms with Crippen LogP contribution in [0.15, 0.2) is 0 Å². The highest BCUT2D eigenvalue weighted by Crippen LogP contribution is 2.25. The minimum absolute atomic E-state index is 0.749. The Bertz CT molecular complexity index is 193. The molecule has 0 aliphatic heterocycles. The Morgan fingerprint density at radius 2 is 2.00 bits per heavy atom. The van der Waals surface area contributed by atoms with Crippen LogP contribution in [0.1, 0.15) is 59.8 Å². The zero-order valence-corrected chi connectivity index (χ0v) is 12.3. The van der Waals surface area contributed by atoms with Gasteiger partial charge in [-0.2, -0.15) is 0 Å². The summed E-state index contributed by atoms with van der Waals surface area (Å²) in [6, 6.07) is 1.54. The lowest BCUT2D eigenvalue weighted by Crippen LogP contribution is -2.48. The normalized spacial score (nSPS) is 26.6. The van der Waals surface area contributed by atoms with Crippen LogP contribution >= 0.6 is 0 Å². The van der Waals surface area contributed by atoms with Gasteiger partial charge in [-0.25, -0.2) is 0 Å². The molecule has 102 valence electrons. The number of nitrogens with one attached hydrogen (secondary N) is 1. The van der Waals surface area contributed by atoms with Crippen molar-refractivity contribution in [1.82, 2.24) is 10.2 Å². The van der Waals surface area contributed by atoms with E-state index in [0.717, 1.165) is 18.0 Å². The van der Waals surface area contributed by atoms with E-state index >= 15 is 0 Å². The lowest BCUT2D eigenvalue weighted by Gasteiger charge is -2.34. The van der Waals surface area contributed by atoms with Crippen LogP contribution in [0.5, 0.6) is 0 Å². The van der Waals surface area contributed by atoms with E-state index in [2.05, 4.69) is 37.9 Å². The second kappa shape index (κ2) is 8.10. The van der Waals surface area contributed by atoms with Gasteiger partial charge in [0, 0.05) is 18.6 Å². The van der Waals surface area contributed by atoms with Gasteiger partial charge in [-0.1, -0.05) is 40.5 Å². The quantitative estimate of drug-likeness (QED) is 0.700. The zero-order valence-electron chi connectivity index (χ0n) is 12.3. The number of likely N-dealkylation sites (N-methyl/N-ethyl adjacent to an activating group) is 1. The maximum Gasteiger partial charge on any atom is 0.0249 e. The second-order valence-electron chi connectivity index (χ2n) is 5.66. The third-order valence-corrected chi connectivity index (χ3v) is 4.25. The molecule has 3 atom stereocenters. The first-order valence-corrected chi connectivity index (χ1v) is 7.70. The average molecular weight is 240 g/mol. The Balaban J connectivity index is 2.47. The van der Waals surface area contributed by atoms with Crippen LogP contribution in [0.25, 0.3) is 0 Å². The molecule has 1 aliphatic rings. The smallest absolute Gasteiger partial charge is 0.0249 e. The lowest BCUT2D eigenvalue weighted by atomic mass is 10.0. The second-order valence-corrected chi connectivity index (χ2v) is 5.66. The van der Waals surface area contributed by atoms with Crippen molar-refractivity contribution in [3.05, 3.63) is 0 Å². The summed E-state index contributed by atoms with van der Waals surface area (Å²) in [5.74, 6) is 0.836. The minimum atomic E-state index is 0.749. The van der Waals surface area contributed by atoms with Crippen molar-refractivity contribution < 1.29 is 0 Å². The van der Waals surface area contributed by atoms with Crippen molar-refractivity contribution in [2.45, 2.75) is 71.9 Å². The van der Waals surface area contributed by atoms with Crippen molar-refractivity contribution in [2.24, 2.45) is 5.92 Å². The molecule has 17 heavy (non-hydrogen) atoms. The van der Waals surface area contributed by atoms with Crippen LogP contribution in [0.3, 0.4) is 0 Å². The predicted molar refractivity (Wildman–Crippen MR) is 76.4 cm³/mol. The van der Waals surface area contributed by atoms with Gasteiger partial charge in [0.2, 0.25) is 0 Å². The Hall–Kier alpha value is -0.0800. The Kier molecular flexibility index (Phi) is 7.14. The molecule has 0 heterocycles. The number of hydrogen-bond donors (Lipinski definition) is 1. The average Bonchev–Trinajstić information content (AvgIpc) is 2.81. The molecule has 0 radical (unpaired) electrons. The van der Waals surface area contributed by atoms with Gasteiger partial charge in [0.15, 0.2) is 0 Å². The fourth-order valence-corrected chi connectivity index (χ4v) is 2.97. The standard InChI is InChI=1S/C15H32N2/c1-5-11-16-14-9-8-10-15(14)17(7-3)12-13(4)6-2/h13-16H,5-12H2,1-4H3. The van der Waals surface area contributed by atoms with E-state index in [-0.39, 0.29) is 0 Å². The fourth-order valence-electron chi connectivity index (χ4n) is 2.97. The molecule has 1 N–H and O–H groups in total. The first kappa shape index (κ1) is 15.0. The van der Waals surface area contributed by atoms with Gasteiger partial charge in [0.25, 0.3) is 0 Å². The molecule has 1 saturated carbocycles. The summed E-state index contributed by atoms with van der Waals surface area (Å²) >= 11 is 0. The summed E-state index contributed by atoms with van der Waals surface area (Å²) in [7, 11) is 0. The number of rotatable bonds is 8. The third kappa shape index (κ3) is 4.59. The van der Waals surface area contributed by atoms with Crippen LogP contribution in [0.4, 0.5) is 0 Å². The van der Waals surface area contributed by atoms with Crippen LogP contribution in [-0.2, 0) is 0 Å². The topological polar surface area (TPSA) is 15.3 Å². The first-order chi connectivity index (χ1) is 8.22. The monoisotopic (exact) mass is 240 g/mol. The van der Waals surface area contributed by atoms with E-state index in [0.29, 0.717) is 0 Å². The highest BCUT2D eigenvalue weighted by molar-refractivity contribution is 4.90. The molecule has 1 fully saturated rings. The highest BCUT2D eigenvalue weighted by Gasteiger charge is 2.31. The molecule has 0 saturated heterocycles. The van der Waals surface area contributed by atoms with Crippen molar-refractivity contribution in [3.63, 3.8) is 0 Å². The number of nitrogens with zero attached hydrogens (tertiary/aromatic N) is 1. The predicted octanol–water partition coefficient (Wildman–Crippen LogP) is 3.28. The summed E-state index contributed by atoms with van der Waals surface area (Å²) in [5.41, 5.74) is 0. The van der Waals surface area contributed by atoms with Crippen molar-refractivity contribution in [3.8, 4) is 0 Å². The van der Waals surface area contributed by atoms with E-state index in [4.69, 9.17) is 0 Å². The maximum absolute atomic E-state index is 3.75. The largest absolute Gasteiger partial charge is 0.312 e. The summed E-state index contributed by atoms with van der Waals surface area (Å²) in [6.07, 6.45) is 6.73. The van der Waals surface area contributed by atoms with E-state index in [1.54, 1.807) is 0 Å². The molecule has 3 unspecified atom stereocenters. The Morgan fingerprint density at radius 1 is 1.24 bits per heavy atom. The van der Waals surface area contributed by atoms with Gasteiger partial charge in [0.1, 0.15) is 0 Å². The summed E-state index contributed by atoms with van der Waals surface area (Å²) in [5, 5.41) is 3.75. The Morgan fingerprint density at radius 3 is 2.59 bits per heavy atom. The van der Waals surface area contributed by atoms with E-state index in [9.17, 15) is 0 Å². The molecule has 0 aromatic carbocycles. The molecule has 1 aliphatic carbocycles. The number of hydrogen-bond acceptors (Lipinski definition) is 2. The molecule has 2 heteroatoms. The van der Waals surface area contributed by atoms with Crippen LogP contribution in [-0.4, -0.2) is 36.6 Å². The molecule has 0 spiro atoms. The van der Waals surface area contributed by atoms with E-state index < -0.39 is 0 Å². The van der Waals surface area contributed by atoms with Crippen molar-refractivity contribution >= 4 is 0 Å². The van der Waals surface area contributed by atoms with Crippen LogP contribution < -0.4 is 5.32 Å². The van der Waals surface area contributed by atoms with Crippen molar-refractivity contribution in [1.29, 1.82) is 0 Å². The van der Waals surface area contributed by atoms with E-state index in [1.165, 1.54) is 51.7 Å². The van der Waals surface area contributed by atoms with Crippen LogP contribution in [0, 0.1) is 5.92 Å². The lowest BCUT2D eigenvalue weighted by molar-refractivity contribution is 0.157. The van der Waals surface area contributed by atoms with Crippen molar-refractivity contribution in [2.75, 3.05) is 19.6 Å². The molecular formula is C15H32N2. The van der Waals surface area contributed by atoms with Gasteiger partial charge in [-0.15, -0.1) is 0 Å².